The minimum atomic E-state index is -3.29. The van der Waals surface area contributed by atoms with Gasteiger partial charge in [0.2, 0.25) is 5.91 Å². The predicted octanol–water partition coefficient (Wildman–Crippen LogP) is -0.208. The molecule has 0 aromatic rings. The van der Waals surface area contributed by atoms with Gasteiger partial charge in [-0.15, -0.1) is 0 Å². The third-order valence-corrected chi connectivity index (χ3v) is 2.60. The zero-order valence-corrected chi connectivity index (χ0v) is 9.34. The van der Waals surface area contributed by atoms with E-state index in [2.05, 4.69) is 0 Å². The van der Waals surface area contributed by atoms with Crippen molar-refractivity contribution in [1.29, 1.82) is 5.26 Å². The highest BCUT2D eigenvalue weighted by Crippen LogP contribution is 2.01. The first-order chi connectivity index (χ1) is 6.28. The Balaban J connectivity index is 4.35. The minimum absolute atomic E-state index is 0.200. The number of hydrogen-bond donors (Lipinski definition) is 0. The molecule has 0 aromatic carbocycles. The van der Waals surface area contributed by atoms with Gasteiger partial charge < -0.3 is 4.90 Å². The molecule has 5 nitrogen and oxygen atoms in total. The molecule has 0 radical (unpaired) electrons. The van der Waals surface area contributed by atoms with Crippen molar-refractivity contribution in [3.8, 4) is 6.07 Å². The van der Waals surface area contributed by atoms with Gasteiger partial charge in [0.25, 0.3) is 0 Å². The van der Waals surface area contributed by atoms with Crippen molar-refractivity contribution >= 4 is 15.7 Å². The standard InChI is InChI=1S/C8H14N2O3S/c1-7(4-5-9)10(2)8(11)6-14(3,12)13/h7H,4,6H2,1-3H3. The molecule has 0 N–H and O–H groups in total. The number of amides is 1. The van der Waals surface area contributed by atoms with Gasteiger partial charge in [-0.05, 0) is 6.92 Å². The lowest BCUT2D eigenvalue weighted by Gasteiger charge is -2.22. The number of carbonyl (C=O) groups is 1. The van der Waals surface area contributed by atoms with Crippen LogP contribution in [-0.4, -0.2) is 44.3 Å². The Morgan fingerprint density at radius 1 is 1.57 bits per heavy atom. The van der Waals surface area contributed by atoms with Gasteiger partial charge in [-0.3, -0.25) is 4.79 Å². The fourth-order valence-electron chi connectivity index (χ4n) is 0.841. The van der Waals surface area contributed by atoms with Crippen LogP contribution in [0.1, 0.15) is 13.3 Å². The van der Waals surface area contributed by atoms with Crippen molar-refractivity contribution in [3.63, 3.8) is 0 Å². The van der Waals surface area contributed by atoms with Crippen LogP contribution in [0.3, 0.4) is 0 Å². The normalized spacial score (nSPS) is 13.0. The molecule has 14 heavy (non-hydrogen) atoms. The van der Waals surface area contributed by atoms with Crippen LogP contribution in [0.15, 0.2) is 0 Å². The van der Waals surface area contributed by atoms with Crippen molar-refractivity contribution < 1.29 is 13.2 Å². The van der Waals surface area contributed by atoms with Gasteiger partial charge in [0.05, 0.1) is 12.5 Å². The Kier molecular flexibility index (Phi) is 4.57. The van der Waals surface area contributed by atoms with E-state index in [9.17, 15) is 13.2 Å². The molecular weight excluding hydrogens is 204 g/mol. The zero-order chi connectivity index (χ0) is 11.4. The van der Waals surface area contributed by atoms with E-state index in [4.69, 9.17) is 5.26 Å². The molecule has 0 saturated carbocycles. The van der Waals surface area contributed by atoms with Crippen LogP contribution in [0.4, 0.5) is 0 Å². The van der Waals surface area contributed by atoms with Crippen molar-refractivity contribution in [1.82, 2.24) is 4.90 Å². The average molecular weight is 218 g/mol. The van der Waals surface area contributed by atoms with E-state index < -0.39 is 21.5 Å². The molecule has 1 atom stereocenters. The molecule has 80 valence electrons. The van der Waals surface area contributed by atoms with E-state index in [-0.39, 0.29) is 12.5 Å². The first-order valence-corrected chi connectivity index (χ1v) is 6.14. The predicted molar refractivity (Wildman–Crippen MR) is 52.2 cm³/mol. The summed E-state index contributed by atoms with van der Waals surface area (Å²) in [6, 6.07) is 1.67. The van der Waals surface area contributed by atoms with Crippen molar-refractivity contribution in [2.24, 2.45) is 0 Å². The Bertz CT molecular complexity index is 342. The first kappa shape index (κ1) is 12.9. The van der Waals surface area contributed by atoms with Gasteiger partial charge >= 0.3 is 0 Å². The van der Waals surface area contributed by atoms with Crippen LogP contribution < -0.4 is 0 Å². The van der Waals surface area contributed by atoms with Crippen LogP contribution in [-0.2, 0) is 14.6 Å². The molecular formula is C8H14N2O3S. The summed E-state index contributed by atoms with van der Waals surface area (Å²) in [5.74, 6) is -0.977. The zero-order valence-electron chi connectivity index (χ0n) is 8.52. The summed E-state index contributed by atoms with van der Waals surface area (Å²) in [4.78, 5) is 12.6. The van der Waals surface area contributed by atoms with Gasteiger partial charge in [-0.2, -0.15) is 5.26 Å². The molecule has 0 aromatic heterocycles. The van der Waals surface area contributed by atoms with Crippen LogP contribution >= 0.6 is 0 Å². The van der Waals surface area contributed by atoms with Crippen LogP contribution in [0.2, 0.25) is 0 Å². The lowest BCUT2D eigenvalue weighted by atomic mass is 10.2. The van der Waals surface area contributed by atoms with E-state index in [1.807, 2.05) is 6.07 Å². The van der Waals surface area contributed by atoms with E-state index in [0.29, 0.717) is 0 Å². The molecule has 0 heterocycles. The second-order valence-electron chi connectivity index (χ2n) is 3.29. The molecule has 0 aliphatic carbocycles. The minimum Gasteiger partial charge on any atom is -0.341 e. The third-order valence-electron chi connectivity index (χ3n) is 1.83. The quantitative estimate of drug-likeness (QED) is 0.654. The van der Waals surface area contributed by atoms with E-state index in [0.717, 1.165) is 6.26 Å². The second-order valence-corrected chi connectivity index (χ2v) is 5.43. The second kappa shape index (κ2) is 4.96. The van der Waals surface area contributed by atoms with Gasteiger partial charge in [0.15, 0.2) is 9.84 Å². The topological polar surface area (TPSA) is 78.2 Å². The first-order valence-electron chi connectivity index (χ1n) is 4.08. The van der Waals surface area contributed by atoms with E-state index >= 15 is 0 Å². The highest BCUT2D eigenvalue weighted by molar-refractivity contribution is 7.91. The van der Waals surface area contributed by atoms with Gasteiger partial charge in [-0.1, -0.05) is 0 Å². The van der Waals surface area contributed by atoms with Crippen LogP contribution in [0.25, 0.3) is 0 Å². The molecule has 0 aliphatic rings. The van der Waals surface area contributed by atoms with Crippen molar-refractivity contribution in [2.45, 2.75) is 19.4 Å². The summed E-state index contributed by atoms with van der Waals surface area (Å²) in [5.41, 5.74) is 0. The largest absolute Gasteiger partial charge is 0.341 e. The summed E-state index contributed by atoms with van der Waals surface area (Å²) < 4.78 is 21.6. The molecule has 0 rings (SSSR count). The maximum absolute atomic E-state index is 11.3. The highest BCUT2D eigenvalue weighted by Gasteiger charge is 2.19. The maximum Gasteiger partial charge on any atom is 0.237 e. The summed E-state index contributed by atoms with van der Waals surface area (Å²) >= 11 is 0. The molecule has 0 aliphatic heterocycles. The van der Waals surface area contributed by atoms with Gasteiger partial charge in [0, 0.05) is 19.3 Å². The fourth-order valence-corrected chi connectivity index (χ4v) is 1.49. The molecule has 0 spiro atoms. The smallest absolute Gasteiger partial charge is 0.237 e. The number of rotatable bonds is 4. The van der Waals surface area contributed by atoms with E-state index in [1.54, 1.807) is 6.92 Å². The number of nitrogens with zero attached hydrogens (tertiary/aromatic N) is 2. The number of hydrogen-bond acceptors (Lipinski definition) is 4. The summed E-state index contributed by atoms with van der Waals surface area (Å²) in [6.45, 7) is 1.70. The van der Waals surface area contributed by atoms with E-state index in [1.165, 1.54) is 11.9 Å². The number of sulfone groups is 1. The highest BCUT2D eigenvalue weighted by atomic mass is 32.2. The Morgan fingerprint density at radius 3 is 2.43 bits per heavy atom. The van der Waals surface area contributed by atoms with Crippen LogP contribution in [0, 0.1) is 11.3 Å². The monoisotopic (exact) mass is 218 g/mol. The molecule has 1 unspecified atom stereocenters. The molecule has 0 bridgehead atoms. The average Bonchev–Trinajstić information content (AvgIpc) is 2.00. The lowest BCUT2D eigenvalue weighted by Crippen LogP contribution is -2.38. The lowest BCUT2D eigenvalue weighted by molar-refractivity contribution is -0.128. The molecule has 6 heteroatoms. The molecule has 0 fully saturated rings. The summed E-state index contributed by atoms with van der Waals surface area (Å²) in [6.07, 6.45) is 1.21. The van der Waals surface area contributed by atoms with Crippen LogP contribution in [0.5, 0.6) is 0 Å². The Labute approximate surface area is 84.2 Å². The van der Waals surface area contributed by atoms with Gasteiger partial charge in [-0.25, -0.2) is 8.42 Å². The summed E-state index contributed by atoms with van der Waals surface area (Å²) in [5, 5.41) is 8.39. The van der Waals surface area contributed by atoms with Crippen molar-refractivity contribution in [2.75, 3.05) is 19.1 Å². The third kappa shape index (κ3) is 4.82. The maximum atomic E-state index is 11.3. The SMILES string of the molecule is CC(CC#N)N(C)C(=O)CS(C)(=O)=O. The van der Waals surface area contributed by atoms with Gasteiger partial charge in [0.1, 0.15) is 5.75 Å². The Morgan fingerprint density at radius 2 is 2.07 bits per heavy atom. The molecule has 1 amide bonds. The summed E-state index contributed by atoms with van der Waals surface area (Å²) in [7, 11) is -1.80. The number of carbonyl (C=O) groups excluding carboxylic acids is 1. The Hall–Kier alpha value is -1.09. The fraction of sp³-hybridized carbons (Fsp3) is 0.750. The molecule has 0 saturated heterocycles. The number of nitriles is 1. The van der Waals surface area contributed by atoms with Crippen molar-refractivity contribution in [3.05, 3.63) is 0 Å².